The third-order valence-electron chi connectivity index (χ3n) is 6.71. The van der Waals surface area contributed by atoms with E-state index in [-0.39, 0.29) is 44.6 Å². The molecule has 15 heteroatoms. The van der Waals surface area contributed by atoms with E-state index >= 15 is 0 Å². The Balaban J connectivity index is 1.49. The largest absolute Gasteiger partial charge is 0.480 e. The lowest BCUT2D eigenvalue weighted by atomic mass is 9.90. The summed E-state index contributed by atoms with van der Waals surface area (Å²) < 4.78 is 90.0. The van der Waals surface area contributed by atoms with Crippen molar-refractivity contribution in [2.24, 2.45) is 0 Å². The fourth-order valence-electron chi connectivity index (χ4n) is 4.86. The molecule has 1 aromatic carbocycles. The molecule has 1 amide bonds. The number of fused-ring (bicyclic) bond motifs is 1. The van der Waals surface area contributed by atoms with Crippen molar-refractivity contribution in [1.29, 1.82) is 0 Å². The van der Waals surface area contributed by atoms with Crippen LogP contribution in [0.4, 0.5) is 22.4 Å². The number of carbonyl (C=O) groups excluding carboxylic acids is 1. The van der Waals surface area contributed by atoms with Gasteiger partial charge in [-0.15, -0.1) is 0 Å². The first kappa shape index (κ1) is 28.1. The van der Waals surface area contributed by atoms with Crippen LogP contribution in [-0.2, 0) is 19.7 Å². The number of halogens is 4. The van der Waals surface area contributed by atoms with Gasteiger partial charge in [-0.2, -0.15) is 17.0 Å². The number of aliphatic carboxylic acids is 1. The summed E-state index contributed by atoms with van der Waals surface area (Å²) in [6.07, 6.45) is 0.783. The Morgan fingerprint density at radius 2 is 1.61 bits per heavy atom. The number of carboxylic acid groups (broad SMARTS) is 1. The molecule has 2 aliphatic rings. The summed E-state index contributed by atoms with van der Waals surface area (Å²) in [7, 11) is -4.27. The van der Waals surface area contributed by atoms with Crippen LogP contribution in [0.3, 0.4) is 0 Å². The molecule has 10 nitrogen and oxygen atoms in total. The number of nitrogens with one attached hydrogen (secondary N) is 1. The van der Waals surface area contributed by atoms with Crippen molar-refractivity contribution in [2.45, 2.75) is 51.2 Å². The molecule has 210 valence electrons. The minimum Gasteiger partial charge on any atom is -0.480 e. The van der Waals surface area contributed by atoms with Crippen molar-refractivity contribution in [3.05, 3.63) is 35.0 Å². The molecule has 0 bridgehead atoms. The number of amides is 1. The van der Waals surface area contributed by atoms with Gasteiger partial charge in [-0.3, -0.25) is 4.79 Å². The van der Waals surface area contributed by atoms with E-state index in [9.17, 15) is 40.7 Å². The number of rotatable bonds is 4. The quantitative estimate of drug-likeness (QED) is 0.334. The number of ether oxygens (including phenoxy) is 1. The molecular formula is C23H28F4N4O6S. The van der Waals surface area contributed by atoms with E-state index in [1.165, 1.54) is 6.20 Å². The topological polar surface area (TPSA) is 123 Å². The number of hydrogen-bond donors (Lipinski definition) is 2. The zero-order valence-corrected chi connectivity index (χ0v) is 21.7. The molecule has 1 atom stereocenters. The third-order valence-corrected chi connectivity index (χ3v) is 8.76. The molecule has 2 fully saturated rings. The molecule has 2 aromatic rings. The highest BCUT2D eigenvalue weighted by Gasteiger charge is 2.45. The molecular weight excluding hydrogens is 536 g/mol. The number of benzene rings is 1. The van der Waals surface area contributed by atoms with Crippen LogP contribution in [0, 0.1) is 23.3 Å². The highest BCUT2D eigenvalue weighted by Crippen LogP contribution is 2.38. The second-order valence-electron chi connectivity index (χ2n) is 10.3. The van der Waals surface area contributed by atoms with Gasteiger partial charge in [-0.1, -0.05) is 0 Å². The van der Waals surface area contributed by atoms with E-state index in [1.54, 1.807) is 20.8 Å². The van der Waals surface area contributed by atoms with Gasteiger partial charge < -0.3 is 19.7 Å². The monoisotopic (exact) mass is 564 g/mol. The molecule has 0 radical (unpaired) electrons. The molecule has 0 saturated carbocycles. The Bertz CT molecular complexity index is 1370. The van der Waals surface area contributed by atoms with Crippen molar-refractivity contribution in [3.8, 4) is 0 Å². The Kier molecular flexibility index (Phi) is 7.40. The summed E-state index contributed by atoms with van der Waals surface area (Å²) in [4.78, 5) is 27.9. The van der Waals surface area contributed by atoms with Crippen LogP contribution in [0.15, 0.2) is 6.20 Å². The fourth-order valence-corrected chi connectivity index (χ4v) is 6.62. The SMILES string of the molecule is CC(C)(C)OC(=O)N1CCN(S(=O)(=O)N2CCC(c3c[nH]c4c(F)c(F)c(F)c(F)c34)CC2)C(C(=O)O)C1. The predicted octanol–water partition coefficient (Wildman–Crippen LogP) is 3.15. The van der Waals surface area contributed by atoms with Crippen molar-refractivity contribution < 1.29 is 45.4 Å². The number of hydrogen-bond acceptors (Lipinski definition) is 5. The number of aromatic amines is 1. The minimum atomic E-state index is -4.27. The van der Waals surface area contributed by atoms with Gasteiger partial charge in [0.25, 0.3) is 10.2 Å². The first-order chi connectivity index (χ1) is 17.6. The average Bonchev–Trinajstić information content (AvgIpc) is 3.30. The van der Waals surface area contributed by atoms with Gasteiger partial charge in [-0.05, 0) is 45.1 Å². The standard InChI is InChI=1S/C23H28F4N4O6S/c1-23(2,3)37-22(34)29-8-9-31(14(11-29)21(32)33)38(35,36)30-6-4-12(5-7-30)13-10-28-20-15(13)16(24)17(25)18(26)19(20)27/h10,12,14,28H,4-9,11H2,1-3H3,(H,32,33). The van der Waals surface area contributed by atoms with Gasteiger partial charge in [0.1, 0.15) is 11.6 Å². The van der Waals surface area contributed by atoms with Gasteiger partial charge in [-0.25, -0.2) is 22.4 Å². The van der Waals surface area contributed by atoms with E-state index in [0.29, 0.717) is 0 Å². The highest BCUT2D eigenvalue weighted by molar-refractivity contribution is 7.86. The van der Waals surface area contributed by atoms with E-state index in [4.69, 9.17) is 4.74 Å². The smallest absolute Gasteiger partial charge is 0.410 e. The highest BCUT2D eigenvalue weighted by atomic mass is 32.2. The molecule has 2 aliphatic heterocycles. The van der Waals surface area contributed by atoms with Gasteiger partial charge in [0.2, 0.25) is 0 Å². The first-order valence-corrected chi connectivity index (χ1v) is 13.3. The maximum atomic E-state index is 14.5. The first-order valence-electron chi connectivity index (χ1n) is 11.9. The van der Waals surface area contributed by atoms with Gasteiger partial charge in [0, 0.05) is 37.8 Å². The fraction of sp³-hybridized carbons (Fsp3) is 0.565. The molecule has 2 N–H and O–H groups in total. The summed E-state index contributed by atoms with van der Waals surface area (Å²) in [6.45, 7) is 4.06. The maximum Gasteiger partial charge on any atom is 0.410 e. The van der Waals surface area contributed by atoms with Gasteiger partial charge in [0.15, 0.2) is 23.3 Å². The van der Waals surface area contributed by atoms with Crippen LogP contribution in [0.2, 0.25) is 0 Å². The third kappa shape index (κ3) is 5.06. The Hall–Kier alpha value is -2.91. The van der Waals surface area contributed by atoms with Gasteiger partial charge >= 0.3 is 12.1 Å². The Labute approximate surface area is 216 Å². The van der Waals surface area contributed by atoms with Gasteiger partial charge in [0.05, 0.1) is 12.1 Å². The predicted molar refractivity (Wildman–Crippen MR) is 127 cm³/mol. The average molecular weight is 565 g/mol. The molecule has 0 spiro atoms. The summed E-state index contributed by atoms with van der Waals surface area (Å²) in [5.41, 5.74) is -1.14. The number of aromatic nitrogens is 1. The van der Waals surface area contributed by atoms with Crippen LogP contribution in [0.5, 0.6) is 0 Å². The summed E-state index contributed by atoms with van der Waals surface area (Å²) in [5.74, 6) is -8.85. The molecule has 2 saturated heterocycles. The number of carboxylic acids is 1. The lowest BCUT2D eigenvalue weighted by Gasteiger charge is -2.41. The normalized spacial score (nSPS) is 20.7. The Morgan fingerprint density at radius 1 is 1.00 bits per heavy atom. The molecule has 3 heterocycles. The van der Waals surface area contributed by atoms with Crippen molar-refractivity contribution in [1.82, 2.24) is 18.5 Å². The maximum absolute atomic E-state index is 14.5. The second kappa shape index (κ2) is 10.0. The second-order valence-corrected chi connectivity index (χ2v) is 12.2. The van der Waals surface area contributed by atoms with E-state index < -0.39 is 80.5 Å². The number of nitrogens with zero attached hydrogens (tertiary/aromatic N) is 3. The minimum absolute atomic E-state index is 0.0727. The van der Waals surface area contributed by atoms with Crippen molar-refractivity contribution >= 4 is 33.2 Å². The number of H-pyrrole nitrogens is 1. The summed E-state index contributed by atoms with van der Waals surface area (Å²) in [5, 5.41) is 9.31. The summed E-state index contributed by atoms with van der Waals surface area (Å²) in [6, 6.07) is -1.54. The van der Waals surface area contributed by atoms with Crippen LogP contribution in [0.1, 0.15) is 45.1 Å². The van der Waals surface area contributed by atoms with Crippen molar-refractivity contribution in [2.75, 3.05) is 32.7 Å². The zero-order valence-electron chi connectivity index (χ0n) is 20.9. The van der Waals surface area contributed by atoms with E-state index in [0.717, 1.165) is 13.5 Å². The zero-order chi connectivity index (χ0) is 28.2. The van der Waals surface area contributed by atoms with E-state index in [2.05, 4.69) is 4.98 Å². The summed E-state index contributed by atoms with van der Waals surface area (Å²) >= 11 is 0. The molecule has 0 aliphatic carbocycles. The Morgan fingerprint density at radius 3 is 2.18 bits per heavy atom. The van der Waals surface area contributed by atoms with E-state index in [1.807, 2.05) is 0 Å². The van der Waals surface area contributed by atoms with Crippen LogP contribution < -0.4 is 0 Å². The van der Waals surface area contributed by atoms with Crippen LogP contribution in [-0.4, -0.2) is 88.4 Å². The number of carbonyl (C=O) groups is 2. The lowest BCUT2D eigenvalue weighted by Crippen LogP contribution is -2.62. The lowest BCUT2D eigenvalue weighted by molar-refractivity contribution is -0.143. The molecule has 38 heavy (non-hydrogen) atoms. The van der Waals surface area contributed by atoms with Crippen LogP contribution >= 0.6 is 0 Å². The number of piperidine rings is 1. The molecule has 4 rings (SSSR count). The molecule has 1 aromatic heterocycles. The molecule has 1 unspecified atom stereocenters. The van der Waals surface area contributed by atoms with Crippen molar-refractivity contribution in [3.63, 3.8) is 0 Å². The number of piperazine rings is 1. The van der Waals surface area contributed by atoms with Crippen LogP contribution in [0.25, 0.3) is 10.9 Å².